The van der Waals surface area contributed by atoms with Crippen molar-refractivity contribution in [2.45, 2.75) is 6.54 Å². The van der Waals surface area contributed by atoms with E-state index in [0.717, 1.165) is 0 Å². The number of rotatable bonds is 8. The number of nitrogens with zero attached hydrogens (tertiary/aromatic N) is 2. The molecule has 0 aliphatic rings. The molecule has 7 heteroatoms. The lowest BCUT2D eigenvalue weighted by Crippen LogP contribution is -2.46. The van der Waals surface area contributed by atoms with E-state index in [0.29, 0.717) is 47.2 Å². The molecule has 20 heavy (non-hydrogen) atoms. The zero-order valence-corrected chi connectivity index (χ0v) is 13.2. The second-order valence-corrected chi connectivity index (χ2v) is 5.61. The van der Waals surface area contributed by atoms with Gasteiger partial charge in [0.1, 0.15) is 12.3 Å². The lowest BCUT2D eigenvalue weighted by molar-refractivity contribution is -0.918. The molecule has 1 aromatic carbocycles. The smallest absolute Gasteiger partial charge is 0.281 e. The van der Waals surface area contributed by atoms with Gasteiger partial charge in [0, 0.05) is 0 Å². The molecule has 0 radical (unpaired) electrons. The van der Waals surface area contributed by atoms with Gasteiger partial charge in [-0.3, -0.25) is 10.1 Å². The van der Waals surface area contributed by atoms with Gasteiger partial charge in [-0.05, 0) is 12.1 Å². The largest absolute Gasteiger partial charge is 0.497 e. The normalized spacial score (nSPS) is 11.4. The lowest BCUT2D eigenvalue weighted by Gasteiger charge is -2.33. The maximum absolute atomic E-state index is 11.2. The van der Waals surface area contributed by atoms with Crippen LogP contribution in [-0.2, 0) is 6.54 Å². The fourth-order valence-electron chi connectivity index (χ4n) is 2.06. The van der Waals surface area contributed by atoms with E-state index in [2.05, 4.69) is 0 Å². The maximum Gasteiger partial charge on any atom is 0.281 e. The number of ether oxygens (including phenoxy) is 1. The van der Waals surface area contributed by atoms with Crippen molar-refractivity contribution in [2.24, 2.45) is 0 Å². The molecule has 0 aliphatic heterocycles. The highest BCUT2D eigenvalue weighted by molar-refractivity contribution is 6.18. The zero-order chi connectivity index (χ0) is 15.2. The molecule has 0 amide bonds. The predicted octanol–water partition coefficient (Wildman–Crippen LogP) is 3.03. The van der Waals surface area contributed by atoms with Crippen molar-refractivity contribution in [2.75, 3.05) is 39.0 Å². The Hall–Kier alpha value is -1.04. The molecule has 0 N–H and O–H groups in total. The van der Waals surface area contributed by atoms with E-state index >= 15 is 0 Å². The first-order chi connectivity index (χ1) is 9.45. The minimum Gasteiger partial charge on any atom is -0.497 e. The molecule has 112 valence electrons. The predicted molar refractivity (Wildman–Crippen MR) is 80.7 cm³/mol. The number of alkyl halides is 2. The van der Waals surface area contributed by atoms with Gasteiger partial charge in [0.05, 0.1) is 55.6 Å². The topological polar surface area (TPSA) is 52.4 Å². The third kappa shape index (κ3) is 4.51. The highest BCUT2D eigenvalue weighted by Crippen LogP contribution is 2.27. The Kier molecular flexibility index (Phi) is 6.52. The summed E-state index contributed by atoms with van der Waals surface area (Å²) in [6, 6.07) is 4.91. The van der Waals surface area contributed by atoms with Crippen LogP contribution in [0, 0.1) is 10.1 Å². The van der Waals surface area contributed by atoms with Crippen LogP contribution in [0.5, 0.6) is 5.75 Å². The Balaban J connectivity index is 3.08. The minimum absolute atomic E-state index is 0.0674. The second-order valence-electron chi connectivity index (χ2n) is 4.85. The molecule has 0 unspecified atom stereocenters. The average molecular weight is 322 g/mol. The van der Waals surface area contributed by atoms with Crippen molar-refractivity contribution in [3.63, 3.8) is 0 Å². The van der Waals surface area contributed by atoms with E-state index in [1.54, 1.807) is 12.1 Å². The van der Waals surface area contributed by atoms with Crippen molar-refractivity contribution < 1.29 is 14.1 Å². The Morgan fingerprint density at radius 2 is 1.90 bits per heavy atom. The molecule has 0 heterocycles. The van der Waals surface area contributed by atoms with Crippen molar-refractivity contribution in [1.82, 2.24) is 0 Å². The monoisotopic (exact) mass is 321 g/mol. The Labute approximate surface area is 128 Å². The Morgan fingerprint density at radius 1 is 1.30 bits per heavy atom. The van der Waals surface area contributed by atoms with Gasteiger partial charge in [-0.15, -0.1) is 23.2 Å². The first kappa shape index (κ1) is 17.0. The van der Waals surface area contributed by atoms with Crippen LogP contribution in [0.4, 0.5) is 5.69 Å². The van der Waals surface area contributed by atoms with Crippen molar-refractivity contribution in [3.05, 3.63) is 33.9 Å². The number of methoxy groups -OCH3 is 1. The summed E-state index contributed by atoms with van der Waals surface area (Å²) in [7, 11) is 3.48. The van der Waals surface area contributed by atoms with Gasteiger partial charge in [-0.2, -0.15) is 0 Å². The van der Waals surface area contributed by atoms with Gasteiger partial charge in [-0.1, -0.05) is 0 Å². The summed E-state index contributed by atoms with van der Waals surface area (Å²) >= 11 is 11.7. The number of halogens is 2. The number of quaternary nitrogens is 1. The minimum atomic E-state index is -0.385. The number of nitro groups is 1. The summed E-state index contributed by atoms with van der Waals surface area (Å²) in [6.45, 7) is 1.93. The van der Waals surface area contributed by atoms with Gasteiger partial charge < -0.3 is 9.22 Å². The highest BCUT2D eigenvalue weighted by atomic mass is 35.5. The molecule has 0 aromatic heterocycles. The number of nitro benzene ring substituents is 1. The second kappa shape index (κ2) is 7.67. The SMILES string of the molecule is COc1ccc(C[N+](C)(CCCl)CCCl)c([N+](=O)[O-])c1. The van der Waals surface area contributed by atoms with Crippen LogP contribution in [0.1, 0.15) is 5.56 Å². The van der Waals surface area contributed by atoms with E-state index in [1.165, 1.54) is 13.2 Å². The van der Waals surface area contributed by atoms with Crippen molar-refractivity contribution in [1.29, 1.82) is 0 Å². The molecule has 1 rings (SSSR count). The van der Waals surface area contributed by atoms with Crippen LogP contribution < -0.4 is 4.74 Å². The molecule has 0 bridgehead atoms. The van der Waals surface area contributed by atoms with Gasteiger partial charge in [-0.25, -0.2) is 0 Å². The molecule has 0 fully saturated rings. The molecule has 1 aromatic rings. The van der Waals surface area contributed by atoms with Crippen LogP contribution >= 0.6 is 23.2 Å². The van der Waals surface area contributed by atoms with Gasteiger partial charge >= 0.3 is 0 Å². The van der Waals surface area contributed by atoms with Crippen molar-refractivity contribution >= 4 is 28.9 Å². The lowest BCUT2D eigenvalue weighted by atomic mass is 10.1. The summed E-state index contributed by atoms with van der Waals surface area (Å²) < 4.78 is 5.60. The third-order valence-electron chi connectivity index (χ3n) is 3.29. The van der Waals surface area contributed by atoms with Crippen LogP contribution in [-0.4, -0.2) is 48.4 Å². The van der Waals surface area contributed by atoms with Crippen LogP contribution in [0.3, 0.4) is 0 Å². The van der Waals surface area contributed by atoms with Crippen LogP contribution in [0.2, 0.25) is 0 Å². The summed E-state index contributed by atoms with van der Waals surface area (Å²) in [5.41, 5.74) is 0.728. The number of hydrogen-bond donors (Lipinski definition) is 0. The molecule has 0 saturated carbocycles. The molecule has 0 aliphatic carbocycles. The number of hydrogen-bond acceptors (Lipinski definition) is 3. The van der Waals surface area contributed by atoms with E-state index in [4.69, 9.17) is 27.9 Å². The Bertz CT molecular complexity index is 463. The molecular weight excluding hydrogens is 303 g/mol. The molecule has 0 atom stereocenters. The molecule has 0 spiro atoms. The molecule has 0 saturated heterocycles. The fraction of sp³-hybridized carbons (Fsp3) is 0.538. The summed E-state index contributed by atoms with van der Waals surface area (Å²) in [6.07, 6.45) is 0. The van der Waals surface area contributed by atoms with Gasteiger partial charge in [0.25, 0.3) is 5.69 Å². The van der Waals surface area contributed by atoms with Gasteiger partial charge in [0.2, 0.25) is 0 Å². The fourth-order valence-corrected chi connectivity index (χ4v) is 2.88. The standard InChI is InChI=1S/C13H19Cl2N2O3/c1-17(7-5-14,8-6-15)10-11-3-4-12(20-2)9-13(11)16(18)19/h3-4,9H,5-8,10H2,1-2H3/q+1. The van der Waals surface area contributed by atoms with E-state index in [9.17, 15) is 10.1 Å². The molecular formula is C13H19Cl2N2O3+. The van der Waals surface area contributed by atoms with Gasteiger partial charge in [0.15, 0.2) is 0 Å². The van der Waals surface area contributed by atoms with E-state index in [-0.39, 0.29) is 10.6 Å². The number of benzene rings is 1. The first-order valence-corrected chi connectivity index (χ1v) is 7.29. The third-order valence-corrected chi connectivity index (χ3v) is 3.63. The van der Waals surface area contributed by atoms with Crippen LogP contribution in [0.25, 0.3) is 0 Å². The average Bonchev–Trinajstić information content (AvgIpc) is 2.39. The van der Waals surface area contributed by atoms with Crippen LogP contribution in [0.15, 0.2) is 18.2 Å². The Morgan fingerprint density at radius 3 is 2.35 bits per heavy atom. The first-order valence-electron chi connectivity index (χ1n) is 6.22. The molecule has 5 nitrogen and oxygen atoms in total. The summed E-state index contributed by atoms with van der Waals surface area (Å²) in [4.78, 5) is 10.8. The highest BCUT2D eigenvalue weighted by Gasteiger charge is 2.26. The summed E-state index contributed by atoms with van der Waals surface area (Å²) in [5.74, 6) is 1.44. The van der Waals surface area contributed by atoms with E-state index < -0.39 is 0 Å². The quantitative estimate of drug-likeness (QED) is 0.320. The van der Waals surface area contributed by atoms with E-state index in [1.807, 2.05) is 7.05 Å². The maximum atomic E-state index is 11.2. The zero-order valence-electron chi connectivity index (χ0n) is 11.6. The van der Waals surface area contributed by atoms with Crippen molar-refractivity contribution in [3.8, 4) is 5.75 Å². The summed E-state index contributed by atoms with van der Waals surface area (Å²) in [5, 5.41) is 11.2.